The summed E-state index contributed by atoms with van der Waals surface area (Å²) in [7, 11) is 0. The summed E-state index contributed by atoms with van der Waals surface area (Å²) >= 11 is 0. The van der Waals surface area contributed by atoms with Crippen molar-refractivity contribution in [2.75, 3.05) is 0 Å². The van der Waals surface area contributed by atoms with E-state index in [0.717, 1.165) is 6.29 Å². The lowest BCUT2D eigenvalue weighted by Gasteiger charge is -2.00. The number of hydrogen-bond donors (Lipinski definition) is 0. The van der Waals surface area contributed by atoms with Gasteiger partial charge >= 0.3 is 0 Å². The molecule has 0 fully saturated rings. The summed E-state index contributed by atoms with van der Waals surface area (Å²) in [6.45, 7) is 3.34. The Bertz CT molecular complexity index is 322. The van der Waals surface area contributed by atoms with E-state index in [1.807, 2.05) is 0 Å². The van der Waals surface area contributed by atoms with Crippen LogP contribution in [0.5, 0.6) is 5.75 Å². The zero-order chi connectivity index (χ0) is 8.81. The number of ether oxygens (including phenoxy) is 1. The third-order valence-corrected chi connectivity index (χ3v) is 1.32. The molecule has 0 bridgehead atoms. The Hall–Kier alpha value is -1.79. The Balaban J connectivity index is 2.96. The number of para-hydroxylation sites is 1. The van der Waals surface area contributed by atoms with E-state index in [-0.39, 0.29) is 0 Å². The predicted octanol–water partition coefficient (Wildman–Crippen LogP) is 2.18. The smallest absolute Gasteiger partial charge is 0.153 e. The Morgan fingerprint density at radius 3 is 2.83 bits per heavy atom. The summed E-state index contributed by atoms with van der Waals surface area (Å²) in [6.07, 6.45) is 2.05. The van der Waals surface area contributed by atoms with E-state index >= 15 is 0 Å². The zero-order valence-electron chi connectivity index (χ0n) is 6.49. The molecule has 60 valence electrons. The number of hydrogen-bond acceptors (Lipinski definition) is 2. The molecule has 0 aliphatic heterocycles. The fourth-order valence-electron chi connectivity index (χ4n) is 0.790. The highest BCUT2D eigenvalue weighted by Gasteiger charge is 1.97. The highest BCUT2D eigenvalue weighted by atomic mass is 16.5. The Morgan fingerprint density at radius 2 is 2.17 bits per heavy atom. The van der Waals surface area contributed by atoms with Gasteiger partial charge in [0.15, 0.2) is 6.29 Å². The zero-order valence-corrected chi connectivity index (χ0v) is 6.49. The largest absolute Gasteiger partial charge is 0.456 e. The van der Waals surface area contributed by atoms with Crippen LogP contribution in [-0.4, -0.2) is 6.29 Å². The van der Waals surface area contributed by atoms with Crippen molar-refractivity contribution < 1.29 is 9.53 Å². The first kappa shape index (κ1) is 8.31. The van der Waals surface area contributed by atoms with Crippen LogP contribution < -0.4 is 4.74 Å². The summed E-state index contributed by atoms with van der Waals surface area (Å²) in [4.78, 5) is 10.5. The lowest BCUT2D eigenvalue weighted by molar-refractivity contribution is 0.112. The lowest BCUT2D eigenvalue weighted by atomic mass is 10.2. The number of benzene rings is 1. The van der Waals surface area contributed by atoms with Crippen molar-refractivity contribution in [2.45, 2.75) is 0 Å². The first-order valence-corrected chi connectivity index (χ1v) is 3.43. The molecule has 0 heterocycles. The van der Waals surface area contributed by atoms with Gasteiger partial charge in [-0.15, -0.1) is 0 Å². The van der Waals surface area contributed by atoms with Gasteiger partial charge in [-0.25, -0.2) is 0 Å². The standard InChI is InChI=1S/C10H8O2/c1-2-7-12-10-6-4-3-5-9(10)8-11/h3-8H,1H2. The second-order valence-corrected chi connectivity index (χ2v) is 2.10. The quantitative estimate of drug-likeness (QED) is 0.385. The highest BCUT2D eigenvalue weighted by molar-refractivity contribution is 5.79. The molecule has 0 radical (unpaired) electrons. The molecular formula is C10H8O2. The van der Waals surface area contributed by atoms with Gasteiger partial charge in [0.1, 0.15) is 12.0 Å². The predicted molar refractivity (Wildman–Crippen MR) is 46.2 cm³/mol. The van der Waals surface area contributed by atoms with Gasteiger partial charge in [0, 0.05) is 0 Å². The molecule has 0 aliphatic carbocycles. The molecule has 1 aromatic carbocycles. The molecule has 2 nitrogen and oxygen atoms in total. The molecule has 0 spiro atoms. The van der Waals surface area contributed by atoms with Crippen LogP contribution in [0.15, 0.2) is 42.8 Å². The number of aldehydes is 1. The van der Waals surface area contributed by atoms with Crippen molar-refractivity contribution in [1.29, 1.82) is 0 Å². The van der Waals surface area contributed by atoms with Crippen molar-refractivity contribution in [3.05, 3.63) is 48.4 Å². The van der Waals surface area contributed by atoms with Gasteiger partial charge in [-0.3, -0.25) is 4.79 Å². The monoisotopic (exact) mass is 160 g/mol. The van der Waals surface area contributed by atoms with E-state index in [9.17, 15) is 4.79 Å². The van der Waals surface area contributed by atoms with Crippen LogP contribution in [0.4, 0.5) is 0 Å². The maximum Gasteiger partial charge on any atom is 0.153 e. The fraction of sp³-hybridized carbons (Fsp3) is 0. The molecule has 0 N–H and O–H groups in total. The molecule has 0 saturated heterocycles. The topological polar surface area (TPSA) is 26.3 Å². The van der Waals surface area contributed by atoms with Crippen LogP contribution in [0.1, 0.15) is 10.4 Å². The molecule has 1 aromatic rings. The summed E-state index contributed by atoms with van der Waals surface area (Å²) in [5.74, 6) is 0.517. The maximum atomic E-state index is 10.5. The SMILES string of the molecule is C=C=COc1ccccc1C=O. The third kappa shape index (κ3) is 1.84. The maximum absolute atomic E-state index is 10.5. The molecule has 12 heavy (non-hydrogen) atoms. The molecular weight excluding hydrogens is 152 g/mol. The van der Waals surface area contributed by atoms with Crippen LogP contribution in [0.25, 0.3) is 0 Å². The fourth-order valence-corrected chi connectivity index (χ4v) is 0.790. The van der Waals surface area contributed by atoms with E-state index in [1.165, 1.54) is 6.26 Å². The molecule has 0 aliphatic rings. The minimum absolute atomic E-state index is 0.517. The van der Waals surface area contributed by atoms with Crippen molar-refractivity contribution in [1.82, 2.24) is 0 Å². The second-order valence-electron chi connectivity index (χ2n) is 2.10. The minimum atomic E-state index is 0.517. The molecule has 0 unspecified atom stereocenters. The van der Waals surface area contributed by atoms with Crippen LogP contribution in [0.2, 0.25) is 0 Å². The van der Waals surface area contributed by atoms with Gasteiger partial charge in [-0.1, -0.05) is 24.4 Å². The van der Waals surface area contributed by atoms with Crippen molar-refractivity contribution >= 4 is 6.29 Å². The average Bonchev–Trinajstić information content (AvgIpc) is 2.15. The molecule has 2 heteroatoms. The first-order chi connectivity index (χ1) is 5.88. The van der Waals surface area contributed by atoms with E-state index in [4.69, 9.17) is 4.74 Å². The highest BCUT2D eigenvalue weighted by Crippen LogP contribution is 2.15. The van der Waals surface area contributed by atoms with Crippen molar-refractivity contribution in [2.24, 2.45) is 0 Å². The van der Waals surface area contributed by atoms with Crippen LogP contribution in [0.3, 0.4) is 0 Å². The van der Waals surface area contributed by atoms with E-state index in [1.54, 1.807) is 24.3 Å². The van der Waals surface area contributed by atoms with Gasteiger partial charge in [-0.2, -0.15) is 0 Å². The van der Waals surface area contributed by atoms with Gasteiger partial charge in [0.05, 0.1) is 5.56 Å². The van der Waals surface area contributed by atoms with Gasteiger partial charge in [-0.05, 0) is 12.1 Å². The van der Waals surface area contributed by atoms with Gasteiger partial charge in [0.2, 0.25) is 0 Å². The first-order valence-electron chi connectivity index (χ1n) is 3.43. The van der Waals surface area contributed by atoms with Crippen LogP contribution in [-0.2, 0) is 0 Å². The van der Waals surface area contributed by atoms with Gasteiger partial charge in [0.25, 0.3) is 0 Å². The van der Waals surface area contributed by atoms with Crippen molar-refractivity contribution in [3.8, 4) is 5.75 Å². The molecule has 0 amide bonds. The third-order valence-electron chi connectivity index (χ3n) is 1.32. The summed E-state index contributed by atoms with van der Waals surface area (Å²) in [5.41, 5.74) is 2.97. The molecule has 1 rings (SSSR count). The van der Waals surface area contributed by atoms with E-state index < -0.39 is 0 Å². The number of carbonyl (C=O) groups is 1. The normalized spacial score (nSPS) is 8.33. The van der Waals surface area contributed by atoms with Crippen molar-refractivity contribution in [3.63, 3.8) is 0 Å². The molecule has 0 aromatic heterocycles. The van der Waals surface area contributed by atoms with Crippen LogP contribution in [0, 0.1) is 0 Å². The second kappa shape index (κ2) is 4.16. The summed E-state index contributed by atoms with van der Waals surface area (Å²) < 4.78 is 5.05. The Kier molecular flexibility index (Phi) is 2.88. The minimum Gasteiger partial charge on any atom is -0.456 e. The Morgan fingerprint density at radius 1 is 1.42 bits per heavy atom. The van der Waals surface area contributed by atoms with Gasteiger partial charge < -0.3 is 4.74 Å². The summed E-state index contributed by atoms with van der Waals surface area (Å²) in [6, 6.07) is 6.95. The number of rotatable bonds is 3. The number of carbonyl (C=O) groups excluding carboxylic acids is 1. The Labute approximate surface area is 70.8 Å². The summed E-state index contributed by atoms with van der Waals surface area (Å²) in [5, 5.41) is 0. The van der Waals surface area contributed by atoms with E-state index in [0.29, 0.717) is 11.3 Å². The van der Waals surface area contributed by atoms with Crippen LogP contribution >= 0.6 is 0 Å². The lowest BCUT2D eigenvalue weighted by Crippen LogP contribution is -1.87. The molecule has 0 atom stereocenters. The molecule has 0 saturated carbocycles. The average molecular weight is 160 g/mol. The van der Waals surface area contributed by atoms with E-state index in [2.05, 4.69) is 12.3 Å².